The van der Waals surface area contributed by atoms with E-state index in [1.807, 2.05) is 51.1 Å². The quantitative estimate of drug-likeness (QED) is 0.200. The summed E-state index contributed by atoms with van der Waals surface area (Å²) in [5.74, 6) is -0.0144. The molecule has 0 unspecified atom stereocenters. The van der Waals surface area contributed by atoms with E-state index in [2.05, 4.69) is 31.0 Å². The van der Waals surface area contributed by atoms with Crippen LogP contribution < -0.4 is 14.5 Å². The normalized spacial score (nSPS) is 11.5. The van der Waals surface area contributed by atoms with Crippen LogP contribution in [0, 0.1) is 20.8 Å². The molecule has 0 aliphatic heterocycles. The molecule has 1 aromatic heterocycles. The van der Waals surface area contributed by atoms with Crippen LogP contribution in [0.2, 0.25) is 0 Å². The van der Waals surface area contributed by atoms with Crippen LogP contribution in [-0.2, 0) is 14.8 Å². The predicted molar refractivity (Wildman–Crippen MR) is 157 cm³/mol. The summed E-state index contributed by atoms with van der Waals surface area (Å²) in [7, 11) is -2.51. The number of carbonyl (C=O) groups excluding carboxylic acids is 1. The van der Waals surface area contributed by atoms with Gasteiger partial charge in [-0.3, -0.25) is 9.10 Å². The topological polar surface area (TPSA) is 93.0 Å². The molecule has 10 heteroatoms. The number of benzene rings is 3. The Bertz CT molecular complexity index is 1610. The van der Waals surface area contributed by atoms with Crippen LogP contribution in [0.15, 0.2) is 93.3 Å². The van der Waals surface area contributed by atoms with Crippen LogP contribution in [0.1, 0.15) is 22.5 Å². The van der Waals surface area contributed by atoms with Crippen molar-refractivity contribution in [1.29, 1.82) is 0 Å². The highest BCUT2D eigenvalue weighted by Gasteiger charge is 2.27. The van der Waals surface area contributed by atoms with Gasteiger partial charge >= 0.3 is 0 Å². The average Bonchev–Trinajstić information content (AvgIpc) is 3.20. The Hall–Kier alpha value is -3.89. The van der Waals surface area contributed by atoms with Crippen molar-refractivity contribution in [2.75, 3.05) is 18.0 Å². The Labute approximate surface area is 237 Å². The van der Waals surface area contributed by atoms with Crippen molar-refractivity contribution in [2.45, 2.75) is 25.7 Å². The van der Waals surface area contributed by atoms with E-state index in [1.165, 1.54) is 19.2 Å². The molecule has 39 heavy (non-hydrogen) atoms. The Morgan fingerprint density at radius 1 is 1.03 bits per heavy atom. The molecule has 0 bridgehead atoms. The number of halogens is 1. The number of hydrazone groups is 1. The standard InChI is InChI=1S/C29H29BrN4O4S/c1-20-8-14-28(15-9-20)39(36,37)33(25-10-12-27(38-4)13-11-25)19-29(35)32-31-18-23-16-21(2)34(22(23)3)26-7-5-6-24(30)17-26/h5-18H,19H2,1-4H3,(H,32,35)/b31-18+. The van der Waals surface area contributed by atoms with E-state index in [0.29, 0.717) is 11.4 Å². The first-order chi connectivity index (χ1) is 18.6. The van der Waals surface area contributed by atoms with E-state index < -0.39 is 22.5 Å². The highest BCUT2D eigenvalue weighted by molar-refractivity contribution is 9.10. The Morgan fingerprint density at radius 2 is 1.72 bits per heavy atom. The molecule has 1 N–H and O–H groups in total. The first kappa shape index (κ1) is 28.1. The van der Waals surface area contributed by atoms with E-state index in [0.717, 1.165) is 37.0 Å². The second kappa shape index (κ2) is 11.9. The maximum Gasteiger partial charge on any atom is 0.264 e. The molecule has 0 saturated heterocycles. The van der Waals surface area contributed by atoms with Crippen molar-refractivity contribution >= 4 is 43.8 Å². The first-order valence-corrected chi connectivity index (χ1v) is 14.3. The highest BCUT2D eigenvalue weighted by atomic mass is 79.9. The van der Waals surface area contributed by atoms with Gasteiger partial charge in [0.25, 0.3) is 15.9 Å². The van der Waals surface area contributed by atoms with E-state index in [9.17, 15) is 13.2 Å². The van der Waals surface area contributed by atoms with E-state index in [1.54, 1.807) is 42.6 Å². The zero-order chi connectivity index (χ0) is 28.2. The second-order valence-corrected chi connectivity index (χ2v) is 11.7. The SMILES string of the molecule is COc1ccc(N(CC(=O)N/N=C/c2cc(C)n(-c3cccc(Br)c3)c2C)S(=O)(=O)c2ccc(C)cc2)cc1. The lowest BCUT2D eigenvalue weighted by atomic mass is 10.2. The molecule has 8 nitrogen and oxygen atoms in total. The summed E-state index contributed by atoms with van der Waals surface area (Å²) in [5.41, 5.74) is 7.51. The zero-order valence-corrected chi connectivity index (χ0v) is 24.5. The van der Waals surface area contributed by atoms with Crippen LogP contribution in [0.4, 0.5) is 5.69 Å². The zero-order valence-electron chi connectivity index (χ0n) is 22.1. The lowest BCUT2D eigenvalue weighted by Crippen LogP contribution is -2.39. The summed E-state index contributed by atoms with van der Waals surface area (Å²) in [5, 5.41) is 4.12. The Kier molecular flexibility index (Phi) is 8.57. The first-order valence-electron chi connectivity index (χ1n) is 12.1. The van der Waals surface area contributed by atoms with E-state index in [4.69, 9.17) is 4.74 Å². The number of hydrogen-bond donors (Lipinski definition) is 1. The highest BCUT2D eigenvalue weighted by Crippen LogP contribution is 2.26. The summed E-state index contributed by atoms with van der Waals surface area (Å²) in [6.07, 6.45) is 1.56. The van der Waals surface area contributed by atoms with Gasteiger partial charge in [0.05, 0.1) is 23.9 Å². The molecule has 4 aromatic rings. The largest absolute Gasteiger partial charge is 0.497 e. The number of methoxy groups -OCH3 is 1. The van der Waals surface area contributed by atoms with Gasteiger partial charge in [0, 0.05) is 27.1 Å². The summed E-state index contributed by atoms with van der Waals surface area (Å²) < 4.78 is 36.4. The molecule has 0 radical (unpaired) electrons. The van der Waals surface area contributed by atoms with Gasteiger partial charge in [-0.2, -0.15) is 5.10 Å². The third-order valence-corrected chi connectivity index (χ3v) is 8.47. The van der Waals surface area contributed by atoms with Crippen LogP contribution >= 0.6 is 15.9 Å². The van der Waals surface area contributed by atoms with Crippen molar-refractivity contribution in [3.63, 3.8) is 0 Å². The monoisotopic (exact) mass is 608 g/mol. The van der Waals surface area contributed by atoms with Crippen molar-refractivity contribution in [3.05, 3.63) is 106 Å². The number of amides is 1. The van der Waals surface area contributed by atoms with Crippen molar-refractivity contribution < 1.29 is 17.9 Å². The van der Waals surface area contributed by atoms with Crippen molar-refractivity contribution in [3.8, 4) is 11.4 Å². The van der Waals surface area contributed by atoms with Gasteiger partial charge in [0.1, 0.15) is 12.3 Å². The fourth-order valence-electron chi connectivity index (χ4n) is 4.17. The number of sulfonamides is 1. The number of carbonyl (C=O) groups is 1. The molecule has 202 valence electrons. The molecule has 1 heterocycles. The number of aryl methyl sites for hydroxylation is 2. The summed E-state index contributed by atoms with van der Waals surface area (Å²) in [6.45, 7) is 5.37. The van der Waals surface area contributed by atoms with Gasteiger partial charge in [-0.25, -0.2) is 13.8 Å². The lowest BCUT2D eigenvalue weighted by molar-refractivity contribution is -0.119. The van der Waals surface area contributed by atoms with Gasteiger partial charge in [-0.05, 0) is 81.4 Å². The number of rotatable bonds is 9. The molecule has 0 atom stereocenters. The Morgan fingerprint density at radius 3 is 2.36 bits per heavy atom. The maximum atomic E-state index is 13.5. The third-order valence-electron chi connectivity index (χ3n) is 6.19. The smallest absolute Gasteiger partial charge is 0.264 e. The van der Waals surface area contributed by atoms with Crippen molar-refractivity contribution in [1.82, 2.24) is 9.99 Å². The summed E-state index contributed by atoms with van der Waals surface area (Å²) in [4.78, 5) is 13.0. The Balaban J connectivity index is 1.56. The third kappa shape index (κ3) is 6.40. The van der Waals surface area contributed by atoms with Gasteiger partial charge in [-0.1, -0.05) is 39.7 Å². The predicted octanol–water partition coefficient (Wildman–Crippen LogP) is 5.52. The van der Waals surface area contributed by atoms with Crippen LogP contribution in [0.25, 0.3) is 5.69 Å². The fourth-order valence-corrected chi connectivity index (χ4v) is 5.98. The molecular formula is C29H29BrN4O4S. The molecule has 0 saturated carbocycles. The fraction of sp³-hybridized carbons (Fsp3) is 0.172. The molecule has 0 spiro atoms. The van der Waals surface area contributed by atoms with Gasteiger partial charge in [0.15, 0.2) is 0 Å². The number of nitrogens with one attached hydrogen (secondary N) is 1. The summed E-state index contributed by atoms with van der Waals surface area (Å²) in [6, 6.07) is 22.9. The number of aromatic nitrogens is 1. The molecule has 0 fully saturated rings. The van der Waals surface area contributed by atoms with Crippen LogP contribution in [0.3, 0.4) is 0 Å². The minimum Gasteiger partial charge on any atom is -0.497 e. The average molecular weight is 610 g/mol. The minimum absolute atomic E-state index is 0.0835. The molecule has 0 aliphatic carbocycles. The van der Waals surface area contributed by atoms with Gasteiger partial charge in [-0.15, -0.1) is 0 Å². The lowest BCUT2D eigenvalue weighted by Gasteiger charge is -2.24. The molecule has 0 aliphatic rings. The summed E-state index contributed by atoms with van der Waals surface area (Å²) >= 11 is 3.51. The van der Waals surface area contributed by atoms with E-state index in [-0.39, 0.29) is 4.90 Å². The van der Waals surface area contributed by atoms with Gasteiger partial charge in [0.2, 0.25) is 0 Å². The molecular weight excluding hydrogens is 580 g/mol. The van der Waals surface area contributed by atoms with Gasteiger partial charge < -0.3 is 9.30 Å². The molecule has 4 rings (SSSR count). The number of hydrogen-bond acceptors (Lipinski definition) is 5. The minimum atomic E-state index is -4.03. The molecule has 1 amide bonds. The number of ether oxygens (including phenoxy) is 1. The van der Waals surface area contributed by atoms with Crippen LogP contribution in [-0.4, -0.2) is 38.8 Å². The second-order valence-electron chi connectivity index (χ2n) is 8.96. The maximum absolute atomic E-state index is 13.5. The molecule has 3 aromatic carbocycles. The van der Waals surface area contributed by atoms with Crippen molar-refractivity contribution in [2.24, 2.45) is 5.10 Å². The number of nitrogens with zero attached hydrogens (tertiary/aromatic N) is 3. The van der Waals surface area contributed by atoms with Crippen LogP contribution in [0.5, 0.6) is 5.75 Å². The van der Waals surface area contributed by atoms with E-state index >= 15 is 0 Å². The number of anilines is 1.